The molecule has 0 bridgehead atoms. The van der Waals surface area contributed by atoms with Gasteiger partial charge in [0.1, 0.15) is 5.82 Å². The van der Waals surface area contributed by atoms with Gasteiger partial charge >= 0.3 is 6.18 Å². The number of carbonyl (C=O) groups excluding carboxylic acids is 1. The van der Waals surface area contributed by atoms with E-state index in [1.54, 1.807) is 20.8 Å². The third-order valence-corrected chi connectivity index (χ3v) is 3.11. The van der Waals surface area contributed by atoms with E-state index in [-0.39, 0.29) is 0 Å². The predicted octanol–water partition coefficient (Wildman–Crippen LogP) is 2.70. The number of rotatable bonds is 3. The van der Waals surface area contributed by atoms with Crippen LogP contribution in [0.25, 0.3) is 0 Å². The number of carbonyl (C=O) groups is 1. The number of hydrogen-bond acceptors (Lipinski definition) is 2. The van der Waals surface area contributed by atoms with Gasteiger partial charge < -0.3 is 11.1 Å². The summed E-state index contributed by atoms with van der Waals surface area (Å²) in [5.41, 5.74) is 3.03. The first-order valence-corrected chi connectivity index (χ1v) is 5.90. The summed E-state index contributed by atoms with van der Waals surface area (Å²) in [4.78, 5) is 11.9. The molecule has 1 rings (SSSR count). The lowest BCUT2D eigenvalue weighted by molar-refractivity contribution is -0.137. The molecule has 1 aromatic carbocycles. The summed E-state index contributed by atoms with van der Waals surface area (Å²) in [5, 5.41) is 2.42. The first-order valence-electron chi connectivity index (χ1n) is 5.90. The summed E-state index contributed by atoms with van der Waals surface area (Å²) in [6.07, 6.45) is -4.64. The van der Waals surface area contributed by atoms with Crippen LogP contribution in [0.3, 0.4) is 0 Å². The zero-order valence-electron chi connectivity index (χ0n) is 11.3. The van der Waals surface area contributed by atoms with E-state index in [0.29, 0.717) is 18.2 Å². The Morgan fingerprint density at radius 2 is 1.85 bits per heavy atom. The standard InChI is InChI=1S/C13H16F4N2O/c1-7(18)12(2,3)19-11(20)9-6-8(13(15,16)17)4-5-10(9)14/h4-7H,18H2,1-3H3,(H,19,20). The minimum Gasteiger partial charge on any atom is -0.346 e. The Labute approximate surface area is 114 Å². The van der Waals surface area contributed by atoms with Gasteiger partial charge in [-0.05, 0) is 39.0 Å². The summed E-state index contributed by atoms with van der Waals surface area (Å²) < 4.78 is 51.2. The predicted molar refractivity (Wildman–Crippen MR) is 66.6 cm³/mol. The maximum Gasteiger partial charge on any atom is 0.416 e. The van der Waals surface area contributed by atoms with Crippen molar-refractivity contribution >= 4 is 5.91 Å². The van der Waals surface area contributed by atoms with Gasteiger partial charge in [-0.1, -0.05) is 0 Å². The SMILES string of the molecule is CC(N)C(C)(C)NC(=O)c1cc(C(F)(F)F)ccc1F. The van der Waals surface area contributed by atoms with Crippen molar-refractivity contribution in [2.45, 2.75) is 38.5 Å². The van der Waals surface area contributed by atoms with Gasteiger partial charge in [-0.15, -0.1) is 0 Å². The number of halogens is 4. The summed E-state index contributed by atoms with van der Waals surface area (Å²) in [6.45, 7) is 4.82. The molecule has 1 atom stereocenters. The lowest BCUT2D eigenvalue weighted by Crippen LogP contribution is -2.54. The Kier molecular flexibility index (Phi) is 4.43. The second kappa shape index (κ2) is 5.40. The van der Waals surface area contributed by atoms with Crippen LogP contribution in [0.1, 0.15) is 36.7 Å². The zero-order valence-corrected chi connectivity index (χ0v) is 11.3. The molecular weight excluding hydrogens is 276 g/mol. The second-order valence-electron chi connectivity index (χ2n) is 5.16. The van der Waals surface area contributed by atoms with E-state index in [1.807, 2.05) is 0 Å². The highest BCUT2D eigenvalue weighted by molar-refractivity contribution is 5.95. The highest BCUT2D eigenvalue weighted by Crippen LogP contribution is 2.30. The number of alkyl halides is 3. The van der Waals surface area contributed by atoms with Gasteiger partial charge in [0.2, 0.25) is 0 Å². The van der Waals surface area contributed by atoms with Gasteiger partial charge in [0.25, 0.3) is 5.91 Å². The summed E-state index contributed by atoms with van der Waals surface area (Å²) in [6, 6.07) is 1.24. The van der Waals surface area contributed by atoms with Crippen LogP contribution in [0.5, 0.6) is 0 Å². The lowest BCUT2D eigenvalue weighted by atomic mass is 9.96. The molecule has 0 spiro atoms. The molecule has 0 radical (unpaired) electrons. The molecule has 0 heterocycles. The fraction of sp³-hybridized carbons (Fsp3) is 0.462. The highest BCUT2D eigenvalue weighted by Gasteiger charge is 2.33. The molecule has 0 fully saturated rings. The third-order valence-electron chi connectivity index (χ3n) is 3.11. The van der Waals surface area contributed by atoms with Crippen LogP contribution in [-0.4, -0.2) is 17.5 Å². The van der Waals surface area contributed by atoms with Crippen molar-refractivity contribution in [1.82, 2.24) is 5.32 Å². The summed E-state index contributed by atoms with van der Waals surface area (Å²) in [5.74, 6) is -1.95. The average molecular weight is 292 g/mol. The molecule has 0 saturated heterocycles. The van der Waals surface area contributed by atoms with Crippen molar-refractivity contribution in [3.8, 4) is 0 Å². The number of nitrogens with one attached hydrogen (secondary N) is 1. The van der Waals surface area contributed by atoms with E-state index < -0.39 is 40.6 Å². The molecule has 1 aromatic rings. The summed E-state index contributed by atoms with van der Waals surface area (Å²) in [7, 11) is 0. The normalized spacial score (nSPS) is 14.0. The molecule has 0 aromatic heterocycles. The Morgan fingerprint density at radius 1 is 1.30 bits per heavy atom. The van der Waals surface area contributed by atoms with E-state index >= 15 is 0 Å². The Bertz CT molecular complexity index is 510. The second-order valence-corrected chi connectivity index (χ2v) is 5.16. The molecule has 0 aliphatic heterocycles. The van der Waals surface area contributed by atoms with Crippen molar-refractivity contribution in [2.75, 3.05) is 0 Å². The van der Waals surface area contributed by atoms with Crippen LogP contribution in [0, 0.1) is 5.82 Å². The van der Waals surface area contributed by atoms with Crippen LogP contribution in [0.4, 0.5) is 17.6 Å². The maximum absolute atomic E-state index is 13.5. The Hall–Kier alpha value is -1.63. The highest BCUT2D eigenvalue weighted by atomic mass is 19.4. The quantitative estimate of drug-likeness (QED) is 0.842. The van der Waals surface area contributed by atoms with Crippen LogP contribution >= 0.6 is 0 Å². The van der Waals surface area contributed by atoms with E-state index in [2.05, 4.69) is 5.32 Å². The van der Waals surface area contributed by atoms with Crippen LogP contribution in [-0.2, 0) is 6.18 Å². The number of benzene rings is 1. The van der Waals surface area contributed by atoms with Gasteiger partial charge in [0.15, 0.2) is 0 Å². The molecule has 7 heteroatoms. The van der Waals surface area contributed by atoms with E-state index in [4.69, 9.17) is 5.73 Å². The number of amides is 1. The third kappa shape index (κ3) is 3.69. The first-order chi connectivity index (χ1) is 8.95. The molecule has 1 unspecified atom stereocenters. The fourth-order valence-electron chi connectivity index (χ4n) is 1.35. The van der Waals surface area contributed by atoms with E-state index in [1.165, 1.54) is 0 Å². The number of nitrogens with two attached hydrogens (primary N) is 1. The Balaban J connectivity index is 3.11. The monoisotopic (exact) mass is 292 g/mol. The van der Waals surface area contributed by atoms with E-state index in [0.717, 1.165) is 0 Å². The molecular formula is C13H16F4N2O. The summed E-state index contributed by atoms with van der Waals surface area (Å²) >= 11 is 0. The fourth-order valence-corrected chi connectivity index (χ4v) is 1.35. The first kappa shape index (κ1) is 16.4. The van der Waals surface area contributed by atoms with Crippen molar-refractivity contribution in [1.29, 1.82) is 0 Å². The van der Waals surface area contributed by atoms with Gasteiger partial charge in [-0.3, -0.25) is 4.79 Å². The molecule has 3 nitrogen and oxygen atoms in total. The smallest absolute Gasteiger partial charge is 0.346 e. The van der Waals surface area contributed by atoms with Gasteiger partial charge in [0, 0.05) is 11.6 Å². The maximum atomic E-state index is 13.5. The number of hydrogen-bond donors (Lipinski definition) is 2. The zero-order chi connectivity index (χ0) is 15.7. The van der Waals surface area contributed by atoms with E-state index in [9.17, 15) is 22.4 Å². The van der Waals surface area contributed by atoms with Crippen molar-refractivity contribution in [2.24, 2.45) is 5.73 Å². The van der Waals surface area contributed by atoms with Crippen molar-refractivity contribution < 1.29 is 22.4 Å². The van der Waals surface area contributed by atoms with Gasteiger partial charge in [-0.2, -0.15) is 13.2 Å². The largest absolute Gasteiger partial charge is 0.416 e. The molecule has 0 aliphatic carbocycles. The topological polar surface area (TPSA) is 55.1 Å². The minimum atomic E-state index is -4.64. The molecule has 1 amide bonds. The molecule has 0 aliphatic rings. The van der Waals surface area contributed by atoms with Crippen molar-refractivity contribution in [3.63, 3.8) is 0 Å². The van der Waals surface area contributed by atoms with Crippen LogP contribution in [0.2, 0.25) is 0 Å². The Morgan fingerprint density at radius 3 is 2.30 bits per heavy atom. The lowest BCUT2D eigenvalue weighted by Gasteiger charge is -2.30. The van der Waals surface area contributed by atoms with Crippen molar-refractivity contribution in [3.05, 3.63) is 35.1 Å². The van der Waals surface area contributed by atoms with Crippen LogP contribution < -0.4 is 11.1 Å². The molecule has 20 heavy (non-hydrogen) atoms. The van der Waals surface area contributed by atoms with Crippen LogP contribution in [0.15, 0.2) is 18.2 Å². The average Bonchev–Trinajstić information content (AvgIpc) is 2.26. The minimum absolute atomic E-state index is 0.458. The van der Waals surface area contributed by atoms with Gasteiger partial charge in [0.05, 0.1) is 11.1 Å². The molecule has 0 saturated carbocycles. The molecule has 112 valence electrons. The van der Waals surface area contributed by atoms with Gasteiger partial charge in [-0.25, -0.2) is 4.39 Å². The molecule has 3 N–H and O–H groups in total.